The van der Waals surface area contributed by atoms with Gasteiger partial charge in [-0.15, -0.1) is 0 Å². The first-order chi connectivity index (χ1) is 5.25. The molecule has 0 aromatic heterocycles. The van der Waals surface area contributed by atoms with E-state index in [4.69, 9.17) is 0 Å². The summed E-state index contributed by atoms with van der Waals surface area (Å²) in [6, 6.07) is 6.08. The van der Waals surface area contributed by atoms with Gasteiger partial charge in [0.1, 0.15) is 0 Å². The van der Waals surface area contributed by atoms with Crippen LogP contribution in [0.1, 0.15) is 11.1 Å². The topological polar surface area (TPSA) is 24.7 Å². The molecule has 1 rings (SSSR count). The van der Waals surface area contributed by atoms with Gasteiger partial charge >= 0.3 is 74.6 Å². The molecule has 0 radical (unpaired) electrons. The Morgan fingerprint density at radius 2 is 1.73 bits per heavy atom. The van der Waals surface area contributed by atoms with E-state index in [2.05, 4.69) is 25.7 Å². The molecule has 52 valence electrons. The summed E-state index contributed by atoms with van der Waals surface area (Å²) in [4.78, 5) is 0. The van der Waals surface area contributed by atoms with E-state index < -0.39 is 0 Å². The molecular formula is C8H9AlN2+2. The van der Waals surface area contributed by atoms with E-state index in [1.54, 1.807) is 0 Å². The molecule has 0 atom stereocenters. The molecule has 0 N–H and O–H groups in total. The summed E-state index contributed by atoms with van der Waals surface area (Å²) in [5.41, 5.74) is 3.30. The van der Waals surface area contributed by atoms with Gasteiger partial charge in [0.15, 0.2) is 0 Å². The molecule has 2 nitrogen and oxygen atoms in total. The molecule has 0 aliphatic heterocycles. The number of benzene rings is 1. The predicted molar refractivity (Wildman–Crippen MR) is 46.2 cm³/mol. The van der Waals surface area contributed by atoms with Crippen LogP contribution in [0.3, 0.4) is 0 Å². The number of hydrogen-bond acceptors (Lipinski definition) is 2. The Morgan fingerprint density at radius 3 is 2.18 bits per heavy atom. The van der Waals surface area contributed by atoms with Crippen molar-refractivity contribution in [3.63, 3.8) is 0 Å². The molecule has 3 heteroatoms. The Labute approximate surface area is 75.0 Å². The fourth-order valence-electron chi connectivity index (χ4n) is 1.02. The first-order valence-corrected chi connectivity index (χ1v) is 3.94. The van der Waals surface area contributed by atoms with Crippen molar-refractivity contribution < 1.29 is 0 Å². The van der Waals surface area contributed by atoms with Gasteiger partial charge in [-0.25, -0.2) is 0 Å². The monoisotopic (exact) mass is 160 g/mol. The number of aryl methyl sites for hydroxylation is 2. The summed E-state index contributed by atoms with van der Waals surface area (Å²) >= 11 is 2.23. The fourth-order valence-corrected chi connectivity index (χ4v) is 1.14. The average molecular weight is 160 g/mol. The van der Waals surface area contributed by atoms with Gasteiger partial charge in [0.05, 0.1) is 0 Å². The fraction of sp³-hybridized carbons (Fsp3) is 0.250. The van der Waals surface area contributed by atoms with E-state index in [0.29, 0.717) is 0 Å². The zero-order chi connectivity index (χ0) is 8.27. The molecule has 0 spiro atoms. The summed E-state index contributed by atoms with van der Waals surface area (Å²) in [5, 5.41) is 3.99. The van der Waals surface area contributed by atoms with Crippen LogP contribution in [0.25, 0.3) is 0 Å². The van der Waals surface area contributed by atoms with Crippen molar-refractivity contribution in [2.24, 2.45) is 9.21 Å². The first kappa shape index (κ1) is 8.45. The van der Waals surface area contributed by atoms with Gasteiger partial charge in [-0.2, -0.15) is 0 Å². The second kappa shape index (κ2) is 3.66. The van der Waals surface area contributed by atoms with Gasteiger partial charge in [-0.3, -0.25) is 0 Å². The second-order valence-electron chi connectivity index (χ2n) is 2.46. The molecular weight excluding hydrogens is 151 g/mol. The van der Waals surface area contributed by atoms with E-state index in [1.165, 1.54) is 0 Å². The van der Waals surface area contributed by atoms with Crippen LogP contribution >= 0.6 is 0 Å². The Hall–Kier alpha value is -0.648. The van der Waals surface area contributed by atoms with Crippen LogP contribution in [0.4, 0.5) is 5.69 Å². The molecule has 1 aromatic rings. The van der Waals surface area contributed by atoms with E-state index >= 15 is 0 Å². The quantitative estimate of drug-likeness (QED) is 0.445. The van der Waals surface area contributed by atoms with Crippen LogP contribution in [0.2, 0.25) is 0 Å². The minimum absolute atomic E-state index is 0.975. The summed E-state index contributed by atoms with van der Waals surface area (Å²) in [6.45, 7) is 4.06. The van der Waals surface area contributed by atoms with Crippen molar-refractivity contribution in [1.29, 1.82) is 0 Å². The van der Waals surface area contributed by atoms with E-state index in [1.807, 2.05) is 32.0 Å². The number of nitrogens with zero attached hydrogens (tertiary/aromatic N) is 2. The van der Waals surface area contributed by atoms with Gasteiger partial charge in [0.25, 0.3) is 0 Å². The van der Waals surface area contributed by atoms with Crippen molar-refractivity contribution in [3.8, 4) is 0 Å². The van der Waals surface area contributed by atoms with Crippen LogP contribution in [0.15, 0.2) is 27.4 Å². The zero-order valence-electron chi connectivity index (χ0n) is 6.70. The molecule has 11 heavy (non-hydrogen) atoms. The Morgan fingerprint density at radius 1 is 1.18 bits per heavy atom. The summed E-state index contributed by atoms with van der Waals surface area (Å²) in [6.07, 6.45) is 0. The van der Waals surface area contributed by atoms with E-state index in [0.717, 1.165) is 16.8 Å². The van der Waals surface area contributed by atoms with E-state index in [-0.39, 0.29) is 0 Å². The van der Waals surface area contributed by atoms with Gasteiger partial charge < -0.3 is 0 Å². The van der Waals surface area contributed by atoms with Crippen LogP contribution in [-0.4, -0.2) is 16.5 Å². The Balaban J connectivity index is 3.20. The first-order valence-electron chi connectivity index (χ1n) is 3.43. The molecule has 1 aromatic carbocycles. The second-order valence-corrected chi connectivity index (χ2v) is 2.69. The molecule has 0 fully saturated rings. The summed E-state index contributed by atoms with van der Waals surface area (Å²) in [5.74, 6) is 0. The van der Waals surface area contributed by atoms with Gasteiger partial charge in [-0.05, 0) is 0 Å². The minimum atomic E-state index is 0.975. The molecule has 0 unspecified atom stereocenters. The van der Waals surface area contributed by atoms with Crippen molar-refractivity contribution in [3.05, 3.63) is 29.3 Å². The third kappa shape index (κ3) is 1.89. The molecule has 0 aliphatic carbocycles. The SMILES string of the molecule is Cc1cccc(C)c1N=[N][Al+2]. The predicted octanol–water partition coefficient (Wildman–Crippen LogP) is 2.47. The molecule has 0 saturated heterocycles. The van der Waals surface area contributed by atoms with Crippen molar-refractivity contribution in [2.45, 2.75) is 13.8 Å². The standard InChI is InChI=1S/C8H9N2.Al/c1-6-4-3-5-7(2)8(6)10-9;/h3-5H,1-2H3;/q-1;+3. The number of rotatable bonds is 1. The van der Waals surface area contributed by atoms with Gasteiger partial charge in [0, 0.05) is 0 Å². The van der Waals surface area contributed by atoms with Crippen LogP contribution in [0.5, 0.6) is 0 Å². The molecule has 0 bridgehead atoms. The maximum absolute atomic E-state index is 3.99. The average Bonchev–Trinajstić information content (AvgIpc) is 1.97. The van der Waals surface area contributed by atoms with Crippen LogP contribution in [0, 0.1) is 13.8 Å². The van der Waals surface area contributed by atoms with Crippen molar-refractivity contribution >= 4 is 22.2 Å². The molecule has 0 heterocycles. The van der Waals surface area contributed by atoms with Crippen molar-refractivity contribution in [2.75, 3.05) is 0 Å². The molecule has 0 aliphatic rings. The Bertz CT molecular complexity index is 261. The normalized spacial score (nSPS) is 10.9. The van der Waals surface area contributed by atoms with Crippen LogP contribution < -0.4 is 0 Å². The van der Waals surface area contributed by atoms with Gasteiger partial charge in [0.2, 0.25) is 0 Å². The summed E-state index contributed by atoms with van der Waals surface area (Å²) in [7, 11) is 0. The van der Waals surface area contributed by atoms with Crippen molar-refractivity contribution in [1.82, 2.24) is 0 Å². The van der Waals surface area contributed by atoms with E-state index in [9.17, 15) is 0 Å². The third-order valence-electron chi connectivity index (χ3n) is 1.60. The van der Waals surface area contributed by atoms with Gasteiger partial charge in [-0.1, -0.05) is 0 Å². The number of hydrogen-bond donors (Lipinski definition) is 0. The Kier molecular flexibility index (Phi) is 2.81. The zero-order valence-corrected chi connectivity index (χ0v) is 7.86. The van der Waals surface area contributed by atoms with Crippen LogP contribution in [-0.2, 0) is 0 Å². The third-order valence-corrected chi connectivity index (χ3v) is 1.71. The maximum atomic E-state index is 3.99. The molecule has 0 saturated carbocycles. The molecule has 0 amide bonds. The summed E-state index contributed by atoms with van der Waals surface area (Å²) < 4.78 is 3.67.